The molecular formula is C49H52ClNO4. The average molecular weight is 754 g/mol. The Kier molecular flexibility index (Phi) is 14.4. The third-order valence-electron chi connectivity index (χ3n) is 10.7. The first-order valence-electron chi connectivity index (χ1n) is 19.9. The summed E-state index contributed by atoms with van der Waals surface area (Å²) < 4.78 is 12.2. The lowest BCUT2D eigenvalue weighted by Crippen LogP contribution is -2.35. The van der Waals surface area contributed by atoms with Gasteiger partial charge in [0.15, 0.2) is 5.60 Å². The number of ether oxygens (including phenoxy) is 2. The molecule has 1 aliphatic rings. The number of unbranched alkanes of at least 4 members (excludes halogenated alkanes) is 9. The number of alkyl carbamates (subject to hydrolysis) is 1. The number of carbonyl (C=O) groups is 2. The molecular weight excluding hydrogens is 702 g/mol. The van der Waals surface area contributed by atoms with Crippen molar-refractivity contribution in [2.75, 3.05) is 13.2 Å². The SMILES string of the molecule is C=Cc1ccc(C(OC(=O)CCCCCCCCCCCCNC(=O)OCC2c3ccccc3-c3ccccc32)(c2ccccc2)c2ccccc2Cl)cc1. The van der Waals surface area contributed by atoms with E-state index in [0.29, 0.717) is 24.6 Å². The number of fused-ring (bicyclic) bond motifs is 3. The minimum atomic E-state index is -1.19. The highest BCUT2D eigenvalue weighted by atomic mass is 35.5. The second-order valence-electron chi connectivity index (χ2n) is 14.4. The fourth-order valence-corrected chi connectivity index (χ4v) is 8.06. The zero-order chi connectivity index (χ0) is 38.3. The summed E-state index contributed by atoms with van der Waals surface area (Å²) in [6.07, 6.45) is 12.6. The van der Waals surface area contributed by atoms with Crippen molar-refractivity contribution in [3.05, 3.63) is 172 Å². The summed E-state index contributed by atoms with van der Waals surface area (Å²) in [5.41, 5.74) is 7.10. The molecule has 0 saturated heterocycles. The molecule has 1 atom stereocenters. The van der Waals surface area contributed by atoms with Crippen LogP contribution in [-0.4, -0.2) is 25.2 Å². The van der Waals surface area contributed by atoms with E-state index in [4.69, 9.17) is 21.1 Å². The van der Waals surface area contributed by atoms with E-state index >= 15 is 0 Å². The Bertz CT molecular complexity index is 1960. The molecule has 0 fully saturated rings. The quantitative estimate of drug-likeness (QED) is 0.0488. The van der Waals surface area contributed by atoms with Crippen LogP contribution in [0, 0.1) is 0 Å². The van der Waals surface area contributed by atoms with E-state index in [2.05, 4.69) is 48.3 Å². The normalized spacial score (nSPS) is 13.0. The Morgan fingerprint density at radius 3 is 1.78 bits per heavy atom. The summed E-state index contributed by atoms with van der Waals surface area (Å²) in [7, 11) is 0. The Hall–Kier alpha value is -5.13. The van der Waals surface area contributed by atoms with Crippen LogP contribution in [0.15, 0.2) is 134 Å². The van der Waals surface area contributed by atoms with Gasteiger partial charge in [-0.15, -0.1) is 0 Å². The Labute approximate surface area is 331 Å². The Morgan fingerprint density at radius 2 is 1.16 bits per heavy atom. The maximum atomic E-state index is 13.6. The zero-order valence-corrected chi connectivity index (χ0v) is 32.4. The summed E-state index contributed by atoms with van der Waals surface area (Å²) in [6, 6.07) is 42.1. The molecule has 1 aliphatic carbocycles. The second-order valence-corrected chi connectivity index (χ2v) is 14.8. The first kappa shape index (κ1) is 39.6. The molecule has 0 spiro atoms. The number of nitrogens with one attached hydrogen (secondary N) is 1. The number of esters is 1. The number of amides is 1. The molecule has 0 saturated carbocycles. The predicted octanol–water partition coefficient (Wildman–Crippen LogP) is 12.6. The van der Waals surface area contributed by atoms with Crippen molar-refractivity contribution in [3.63, 3.8) is 0 Å². The van der Waals surface area contributed by atoms with Crippen molar-refractivity contribution in [1.82, 2.24) is 5.32 Å². The smallest absolute Gasteiger partial charge is 0.407 e. The van der Waals surface area contributed by atoms with Gasteiger partial charge in [-0.25, -0.2) is 4.79 Å². The summed E-state index contributed by atoms with van der Waals surface area (Å²) in [5, 5.41) is 3.47. The van der Waals surface area contributed by atoms with Crippen molar-refractivity contribution < 1.29 is 19.1 Å². The van der Waals surface area contributed by atoms with Crippen molar-refractivity contribution in [2.24, 2.45) is 0 Å². The van der Waals surface area contributed by atoms with E-state index in [-0.39, 0.29) is 18.0 Å². The fraction of sp³-hybridized carbons (Fsp3) is 0.306. The largest absolute Gasteiger partial charge is 0.449 e. The molecule has 1 amide bonds. The number of rotatable bonds is 20. The van der Waals surface area contributed by atoms with Gasteiger partial charge in [-0.2, -0.15) is 0 Å². The summed E-state index contributed by atoms with van der Waals surface area (Å²) in [6.45, 7) is 4.86. The van der Waals surface area contributed by atoms with E-state index in [1.807, 2.05) is 91.0 Å². The van der Waals surface area contributed by atoms with Crippen LogP contribution >= 0.6 is 11.6 Å². The monoisotopic (exact) mass is 753 g/mol. The average Bonchev–Trinajstić information content (AvgIpc) is 3.55. The van der Waals surface area contributed by atoms with E-state index in [1.54, 1.807) is 6.08 Å². The minimum Gasteiger partial charge on any atom is -0.449 e. The van der Waals surface area contributed by atoms with Crippen LogP contribution in [0.3, 0.4) is 0 Å². The topological polar surface area (TPSA) is 64.6 Å². The van der Waals surface area contributed by atoms with Gasteiger partial charge in [-0.05, 0) is 46.7 Å². The molecule has 5 aromatic carbocycles. The van der Waals surface area contributed by atoms with E-state index in [9.17, 15) is 9.59 Å². The van der Waals surface area contributed by atoms with Crippen LogP contribution in [0.1, 0.15) is 110 Å². The van der Waals surface area contributed by atoms with Gasteiger partial charge in [0.05, 0.1) is 0 Å². The molecule has 0 aliphatic heterocycles. The zero-order valence-electron chi connectivity index (χ0n) is 31.7. The van der Waals surface area contributed by atoms with E-state index in [1.165, 1.54) is 41.5 Å². The number of halogens is 1. The number of carbonyl (C=O) groups excluding carboxylic acids is 2. The van der Waals surface area contributed by atoms with Crippen molar-refractivity contribution in [3.8, 4) is 11.1 Å². The third kappa shape index (κ3) is 9.95. The first-order valence-corrected chi connectivity index (χ1v) is 20.2. The van der Waals surface area contributed by atoms with Crippen molar-refractivity contribution in [1.29, 1.82) is 0 Å². The van der Waals surface area contributed by atoms with Crippen molar-refractivity contribution in [2.45, 2.75) is 82.1 Å². The highest BCUT2D eigenvalue weighted by Crippen LogP contribution is 2.45. The van der Waals surface area contributed by atoms with Crippen LogP contribution in [0.25, 0.3) is 17.2 Å². The molecule has 1 unspecified atom stereocenters. The summed E-state index contributed by atoms with van der Waals surface area (Å²) in [5.74, 6) is -0.170. The van der Waals surface area contributed by atoms with Crippen LogP contribution < -0.4 is 5.32 Å². The second kappa shape index (κ2) is 20.0. The van der Waals surface area contributed by atoms with Crippen LogP contribution in [0.4, 0.5) is 4.79 Å². The molecule has 5 nitrogen and oxygen atoms in total. The predicted molar refractivity (Wildman–Crippen MR) is 224 cm³/mol. The lowest BCUT2D eigenvalue weighted by atomic mass is 9.79. The van der Waals surface area contributed by atoms with Crippen LogP contribution in [0.2, 0.25) is 5.02 Å². The maximum Gasteiger partial charge on any atom is 0.407 e. The van der Waals surface area contributed by atoms with Gasteiger partial charge in [-0.3, -0.25) is 4.79 Å². The van der Waals surface area contributed by atoms with E-state index in [0.717, 1.165) is 67.2 Å². The number of hydrogen-bond acceptors (Lipinski definition) is 4. The molecule has 0 aromatic heterocycles. The molecule has 0 heterocycles. The first-order chi connectivity index (χ1) is 27.0. The van der Waals surface area contributed by atoms with Gasteiger partial charge in [0.1, 0.15) is 6.61 Å². The highest BCUT2D eigenvalue weighted by Gasteiger charge is 2.42. The van der Waals surface area contributed by atoms with Crippen LogP contribution in [0.5, 0.6) is 0 Å². The maximum absolute atomic E-state index is 13.6. The van der Waals surface area contributed by atoms with Gasteiger partial charge in [-0.1, -0.05) is 197 Å². The molecule has 1 N–H and O–H groups in total. The fourth-order valence-electron chi connectivity index (χ4n) is 7.79. The standard InChI is InChI=1S/C49H52ClNO4/c1-2-37-31-33-39(34-32-37)49(38-22-12-11-13-23-38,45-28-19-20-29-46(45)50)55-47(52)30-14-9-7-5-3-4-6-8-10-21-35-51-48(53)54-36-44-42-26-17-15-24-40(42)41-25-16-18-27-43(41)44/h2,11-13,15-20,22-29,31-34,44H,1,3-10,14,21,30,35-36H2,(H,51,53). The van der Waals surface area contributed by atoms with Crippen molar-refractivity contribution >= 4 is 29.7 Å². The molecule has 284 valence electrons. The van der Waals surface area contributed by atoms with Gasteiger partial charge in [0, 0.05) is 40.6 Å². The van der Waals surface area contributed by atoms with Gasteiger partial charge < -0.3 is 14.8 Å². The third-order valence-corrected chi connectivity index (χ3v) is 11.0. The Morgan fingerprint density at radius 1 is 0.636 bits per heavy atom. The number of hydrogen-bond donors (Lipinski definition) is 1. The lowest BCUT2D eigenvalue weighted by molar-refractivity contribution is -0.153. The molecule has 6 heteroatoms. The lowest BCUT2D eigenvalue weighted by Gasteiger charge is -2.36. The number of benzene rings is 5. The summed E-state index contributed by atoms with van der Waals surface area (Å²) >= 11 is 6.82. The van der Waals surface area contributed by atoms with Crippen LogP contribution in [-0.2, 0) is 19.9 Å². The summed E-state index contributed by atoms with van der Waals surface area (Å²) in [4.78, 5) is 26.0. The molecule has 55 heavy (non-hydrogen) atoms. The minimum absolute atomic E-state index is 0.0756. The van der Waals surface area contributed by atoms with E-state index < -0.39 is 5.60 Å². The van der Waals surface area contributed by atoms with Gasteiger partial charge in [0.25, 0.3) is 0 Å². The highest BCUT2D eigenvalue weighted by molar-refractivity contribution is 6.31. The molecule has 0 radical (unpaired) electrons. The van der Waals surface area contributed by atoms with Gasteiger partial charge in [0.2, 0.25) is 0 Å². The Balaban J connectivity index is 0.859. The molecule has 5 aromatic rings. The molecule has 0 bridgehead atoms. The van der Waals surface area contributed by atoms with Gasteiger partial charge >= 0.3 is 12.1 Å². The molecule has 6 rings (SSSR count).